The molecule has 0 aliphatic rings. The van der Waals surface area contributed by atoms with Crippen LogP contribution in [0, 0.1) is 0 Å². The molecule has 1 unspecified atom stereocenters. The van der Waals surface area contributed by atoms with Gasteiger partial charge in [0.15, 0.2) is 0 Å². The van der Waals surface area contributed by atoms with Crippen LogP contribution < -0.4 is 10.6 Å². The lowest BCUT2D eigenvalue weighted by Crippen LogP contribution is -2.28. The fraction of sp³-hybridized carbons (Fsp3) is 0.357. The molecule has 5 nitrogen and oxygen atoms in total. The Morgan fingerprint density at radius 1 is 1.35 bits per heavy atom. The minimum Gasteiger partial charge on any atom is -0.384 e. The van der Waals surface area contributed by atoms with Crippen LogP contribution in [0.1, 0.15) is 41.8 Å². The number of hydrogen-bond donors (Lipinski definition) is 2. The highest BCUT2D eigenvalue weighted by Gasteiger charge is 2.16. The standard InChI is InChI=1S/C14H18N4OS/c1-3-11(14-16-7-8-20-14)18-13(19)12-6-5-10(9-17-12)15-4-2/h5-9,11,15H,3-4H2,1-2H3,(H,18,19). The first-order chi connectivity index (χ1) is 9.74. The number of carbonyl (C=O) groups excluding carboxylic acids is 1. The number of amides is 1. The van der Waals surface area contributed by atoms with Crippen LogP contribution >= 0.6 is 11.3 Å². The molecule has 0 saturated carbocycles. The van der Waals surface area contributed by atoms with E-state index in [2.05, 4.69) is 20.6 Å². The quantitative estimate of drug-likeness (QED) is 0.858. The molecule has 6 heteroatoms. The van der Waals surface area contributed by atoms with Crippen molar-refractivity contribution in [1.82, 2.24) is 15.3 Å². The maximum Gasteiger partial charge on any atom is 0.270 e. The van der Waals surface area contributed by atoms with Gasteiger partial charge in [0.1, 0.15) is 10.7 Å². The van der Waals surface area contributed by atoms with Crippen LogP contribution in [0.15, 0.2) is 29.9 Å². The second-order valence-electron chi connectivity index (χ2n) is 4.27. The zero-order valence-electron chi connectivity index (χ0n) is 11.6. The van der Waals surface area contributed by atoms with Crippen molar-refractivity contribution in [3.8, 4) is 0 Å². The number of nitrogens with one attached hydrogen (secondary N) is 2. The smallest absolute Gasteiger partial charge is 0.270 e. The Morgan fingerprint density at radius 2 is 2.20 bits per heavy atom. The minimum absolute atomic E-state index is 0.0576. The van der Waals surface area contributed by atoms with Crippen molar-refractivity contribution in [3.63, 3.8) is 0 Å². The first kappa shape index (κ1) is 14.5. The Kier molecular flexibility index (Phi) is 5.06. The molecule has 2 N–H and O–H groups in total. The van der Waals surface area contributed by atoms with Gasteiger partial charge in [-0.05, 0) is 25.5 Å². The third-order valence-electron chi connectivity index (χ3n) is 2.84. The fourth-order valence-corrected chi connectivity index (χ4v) is 2.59. The molecule has 0 aliphatic heterocycles. The third kappa shape index (κ3) is 3.54. The van der Waals surface area contributed by atoms with Gasteiger partial charge in [0.05, 0.1) is 17.9 Å². The monoisotopic (exact) mass is 290 g/mol. The van der Waals surface area contributed by atoms with Gasteiger partial charge >= 0.3 is 0 Å². The van der Waals surface area contributed by atoms with Crippen molar-refractivity contribution >= 4 is 22.9 Å². The topological polar surface area (TPSA) is 66.9 Å². The summed E-state index contributed by atoms with van der Waals surface area (Å²) < 4.78 is 0. The summed E-state index contributed by atoms with van der Waals surface area (Å²) in [6, 6.07) is 3.52. The van der Waals surface area contributed by atoms with Gasteiger partial charge in [-0.25, -0.2) is 9.97 Å². The van der Waals surface area contributed by atoms with E-state index in [1.54, 1.807) is 29.8 Å². The summed E-state index contributed by atoms with van der Waals surface area (Å²) >= 11 is 1.55. The van der Waals surface area contributed by atoms with Crippen molar-refractivity contribution in [1.29, 1.82) is 0 Å². The van der Waals surface area contributed by atoms with Crippen molar-refractivity contribution < 1.29 is 4.79 Å². The number of rotatable bonds is 6. The number of hydrogen-bond acceptors (Lipinski definition) is 5. The summed E-state index contributed by atoms with van der Waals surface area (Å²) in [5, 5.41) is 8.94. The Bertz CT molecular complexity index is 539. The number of aromatic nitrogens is 2. The number of pyridine rings is 1. The van der Waals surface area contributed by atoms with Gasteiger partial charge in [0.25, 0.3) is 5.91 Å². The van der Waals surface area contributed by atoms with Crippen molar-refractivity contribution in [2.75, 3.05) is 11.9 Å². The first-order valence-corrected chi connectivity index (χ1v) is 7.52. The average molecular weight is 290 g/mol. The summed E-state index contributed by atoms with van der Waals surface area (Å²) in [4.78, 5) is 20.6. The van der Waals surface area contributed by atoms with Crippen LogP contribution in [0.5, 0.6) is 0 Å². The maximum atomic E-state index is 12.2. The molecule has 0 fully saturated rings. The second-order valence-corrected chi connectivity index (χ2v) is 5.19. The third-order valence-corrected chi connectivity index (χ3v) is 3.73. The number of carbonyl (C=O) groups is 1. The fourth-order valence-electron chi connectivity index (χ4n) is 1.81. The summed E-state index contributed by atoms with van der Waals surface area (Å²) in [7, 11) is 0. The predicted octanol–water partition coefficient (Wildman–Crippen LogP) is 2.85. The molecule has 2 aromatic rings. The molecule has 1 atom stereocenters. The summed E-state index contributed by atoms with van der Waals surface area (Å²) in [5.41, 5.74) is 1.33. The van der Waals surface area contributed by atoms with Crippen LogP contribution in [0.4, 0.5) is 5.69 Å². The van der Waals surface area contributed by atoms with Crippen LogP contribution in [-0.4, -0.2) is 22.4 Å². The predicted molar refractivity (Wildman–Crippen MR) is 81.0 cm³/mol. The van der Waals surface area contributed by atoms with E-state index in [-0.39, 0.29) is 11.9 Å². The van der Waals surface area contributed by atoms with E-state index >= 15 is 0 Å². The Labute approximate surface area is 122 Å². The van der Waals surface area contributed by atoms with Crippen LogP contribution in [0.2, 0.25) is 0 Å². The highest BCUT2D eigenvalue weighted by Crippen LogP contribution is 2.19. The molecule has 0 aliphatic carbocycles. The van der Waals surface area contributed by atoms with Crippen molar-refractivity contribution in [3.05, 3.63) is 40.6 Å². The largest absolute Gasteiger partial charge is 0.384 e. The first-order valence-electron chi connectivity index (χ1n) is 6.64. The molecule has 2 aromatic heterocycles. The van der Waals surface area contributed by atoms with E-state index < -0.39 is 0 Å². The number of nitrogens with zero attached hydrogens (tertiary/aromatic N) is 2. The van der Waals surface area contributed by atoms with Crippen LogP contribution in [0.25, 0.3) is 0 Å². The van der Waals surface area contributed by atoms with Crippen LogP contribution in [0.3, 0.4) is 0 Å². The second kappa shape index (κ2) is 7.00. The van der Waals surface area contributed by atoms with Gasteiger partial charge in [-0.3, -0.25) is 4.79 Å². The maximum absolute atomic E-state index is 12.2. The molecule has 1 amide bonds. The molecular formula is C14H18N4OS. The van der Waals surface area contributed by atoms with Gasteiger partial charge in [-0.2, -0.15) is 0 Å². The molecular weight excluding hydrogens is 272 g/mol. The van der Waals surface area contributed by atoms with Gasteiger partial charge in [0.2, 0.25) is 0 Å². The van der Waals surface area contributed by atoms with Gasteiger partial charge < -0.3 is 10.6 Å². The van der Waals surface area contributed by atoms with Gasteiger partial charge in [-0.15, -0.1) is 11.3 Å². The molecule has 2 rings (SSSR count). The van der Waals surface area contributed by atoms with E-state index in [9.17, 15) is 4.79 Å². The molecule has 2 heterocycles. The summed E-state index contributed by atoms with van der Waals surface area (Å²) in [5.74, 6) is -0.171. The normalized spacial score (nSPS) is 11.9. The zero-order valence-corrected chi connectivity index (χ0v) is 12.4. The highest BCUT2D eigenvalue weighted by atomic mass is 32.1. The van der Waals surface area contributed by atoms with Crippen molar-refractivity contribution in [2.45, 2.75) is 26.3 Å². The Morgan fingerprint density at radius 3 is 2.75 bits per heavy atom. The summed E-state index contributed by atoms with van der Waals surface area (Å²) in [6.45, 7) is 4.86. The van der Waals surface area contributed by atoms with E-state index in [0.717, 1.165) is 23.7 Å². The lowest BCUT2D eigenvalue weighted by molar-refractivity contribution is 0.0930. The zero-order chi connectivity index (χ0) is 14.4. The van der Waals surface area contributed by atoms with Crippen molar-refractivity contribution in [2.24, 2.45) is 0 Å². The van der Waals surface area contributed by atoms with E-state index in [1.807, 2.05) is 25.3 Å². The molecule has 0 radical (unpaired) electrons. The Hall–Kier alpha value is -1.95. The van der Waals surface area contributed by atoms with Crippen LogP contribution in [-0.2, 0) is 0 Å². The molecule has 0 aromatic carbocycles. The molecule has 0 bridgehead atoms. The number of thiazole rings is 1. The molecule has 20 heavy (non-hydrogen) atoms. The minimum atomic E-state index is -0.171. The lowest BCUT2D eigenvalue weighted by Gasteiger charge is -2.14. The number of anilines is 1. The molecule has 0 spiro atoms. The SMILES string of the molecule is CCNc1ccc(C(=O)NC(CC)c2nccs2)nc1. The average Bonchev–Trinajstić information content (AvgIpc) is 2.99. The van der Waals surface area contributed by atoms with Gasteiger partial charge in [-0.1, -0.05) is 6.92 Å². The van der Waals surface area contributed by atoms with E-state index in [0.29, 0.717) is 5.69 Å². The molecule has 106 valence electrons. The van der Waals surface area contributed by atoms with Gasteiger partial charge in [0, 0.05) is 18.1 Å². The summed E-state index contributed by atoms with van der Waals surface area (Å²) in [6.07, 6.45) is 4.22. The molecule has 0 saturated heterocycles. The van der Waals surface area contributed by atoms with E-state index in [4.69, 9.17) is 0 Å². The van der Waals surface area contributed by atoms with E-state index in [1.165, 1.54) is 0 Å². The Balaban J connectivity index is 2.03. The highest BCUT2D eigenvalue weighted by molar-refractivity contribution is 7.09. The lowest BCUT2D eigenvalue weighted by atomic mass is 10.2.